The van der Waals surface area contributed by atoms with Crippen LogP contribution in [0, 0.1) is 0 Å². The molecule has 2 aliphatic rings. The van der Waals surface area contributed by atoms with E-state index in [-0.39, 0.29) is 0 Å². The lowest BCUT2D eigenvalue weighted by Crippen LogP contribution is -2.55. The molecule has 5 rings (SSSR count). The van der Waals surface area contributed by atoms with Crippen molar-refractivity contribution in [2.24, 2.45) is 0 Å². The number of ether oxygens (including phenoxy) is 1. The van der Waals surface area contributed by atoms with Gasteiger partial charge in [0.15, 0.2) is 0 Å². The van der Waals surface area contributed by atoms with E-state index in [1.165, 1.54) is 42.4 Å². The molecule has 3 heterocycles. The Morgan fingerprint density at radius 3 is 2.70 bits per heavy atom. The number of hydrogen-bond acceptors (Lipinski definition) is 7. The van der Waals surface area contributed by atoms with Gasteiger partial charge in [-0.15, -0.1) is 0 Å². The molecule has 3 aromatic rings. The monoisotopic (exact) mass is 423 g/mol. The van der Waals surface area contributed by atoms with Crippen molar-refractivity contribution in [3.63, 3.8) is 0 Å². The van der Waals surface area contributed by atoms with Gasteiger partial charge in [0.05, 0.1) is 24.5 Å². The number of fused-ring (bicyclic) bond motifs is 1. The van der Waals surface area contributed by atoms with Crippen LogP contribution in [0.25, 0.3) is 11.0 Å². The first kappa shape index (κ1) is 19.7. The number of rotatable bonds is 5. The summed E-state index contributed by atoms with van der Waals surface area (Å²) in [6, 6.07) is 15.5. The van der Waals surface area contributed by atoms with Crippen molar-refractivity contribution >= 4 is 28.4 Å². The molecule has 0 bridgehead atoms. The van der Waals surface area contributed by atoms with E-state index >= 15 is 0 Å². The highest BCUT2D eigenvalue weighted by atomic mass is 32.1. The number of para-hydroxylation sites is 2. The van der Waals surface area contributed by atoms with Crippen molar-refractivity contribution in [3.05, 3.63) is 48.0 Å². The lowest BCUT2D eigenvalue weighted by molar-refractivity contribution is 0.0887. The number of aromatic nitrogens is 2. The number of methoxy groups -OCH3 is 1. The van der Waals surface area contributed by atoms with Gasteiger partial charge in [-0.05, 0) is 49.2 Å². The molecule has 158 valence electrons. The van der Waals surface area contributed by atoms with Crippen LogP contribution < -0.4 is 9.64 Å². The van der Waals surface area contributed by atoms with E-state index in [1.54, 1.807) is 7.11 Å². The lowest BCUT2D eigenvalue weighted by atomic mass is 10.0. The number of benzene rings is 2. The van der Waals surface area contributed by atoms with Crippen LogP contribution in [0.5, 0.6) is 5.75 Å². The Hall–Kier alpha value is -2.22. The molecule has 0 radical (unpaired) electrons. The zero-order valence-corrected chi connectivity index (χ0v) is 18.4. The van der Waals surface area contributed by atoms with Gasteiger partial charge >= 0.3 is 0 Å². The number of nitrogens with zero attached hydrogens (tertiary/aromatic N) is 5. The maximum atomic E-state index is 5.56. The fraction of sp³-hybridized carbons (Fsp3) is 0.478. The molecule has 2 saturated heterocycles. The molecule has 2 aliphatic heterocycles. The molecular formula is C23H29N5OS. The molecule has 1 atom stereocenters. The van der Waals surface area contributed by atoms with Gasteiger partial charge in [-0.3, -0.25) is 9.80 Å². The van der Waals surface area contributed by atoms with Crippen LogP contribution in [0.15, 0.2) is 42.5 Å². The Kier molecular flexibility index (Phi) is 5.84. The number of anilines is 1. The second kappa shape index (κ2) is 8.88. The van der Waals surface area contributed by atoms with Crippen molar-refractivity contribution in [3.8, 4) is 5.75 Å². The van der Waals surface area contributed by atoms with Gasteiger partial charge in [0.1, 0.15) is 16.8 Å². The molecule has 7 heteroatoms. The summed E-state index contributed by atoms with van der Waals surface area (Å²) in [4.78, 5) is 7.78. The Labute approximate surface area is 182 Å². The van der Waals surface area contributed by atoms with Crippen molar-refractivity contribution in [1.82, 2.24) is 18.5 Å². The molecule has 0 amide bonds. The summed E-state index contributed by atoms with van der Waals surface area (Å²) in [5.74, 6) is 0.974. The van der Waals surface area contributed by atoms with E-state index in [1.807, 2.05) is 6.07 Å². The summed E-state index contributed by atoms with van der Waals surface area (Å²) in [5, 5.41) is 0. The maximum absolute atomic E-state index is 5.56. The summed E-state index contributed by atoms with van der Waals surface area (Å²) >= 11 is 1.30. The van der Waals surface area contributed by atoms with Gasteiger partial charge in [0.2, 0.25) is 0 Å². The van der Waals surface area contributed by atoms with E-state index in [0.717, 1.165) is 56.1 Å². The minimum atomic E-state index is 0.656. The lowest BCUT2D eigenvalue weighted by Gasteiger charge is -2.44. The van der Waals surface area contributed by atoms with E-state index in [9.17, 15) is 0 Å². The van der Waals surface area contributed by atoms with Crippen LogP contribution in [0.2, 0.25) is 0 Å². The first-order valence-electron chi connectivity index (χ1n) is 10.9. The smallest absolute Gasteiger partial charge is 0.142 e. The second-order valence-corrected chi connectivity index (χ2v) is 8.84. The minimum absolute atomic E-state index is 0.656. The SMILES string of the molecule is COc1ccccc1N1CCN([C@H]2CCCN(Cc3ccc4nsnc4c3)C2)CC1. The number of piperidine rings is 1. The van der Waals surface area contributed by atoms with Crippen LogP contribution >= 0.6 is 11.7 Å². The van der Waals surface area contributed by atoms with Crippen molar-refractivity contribution in [1.29, 1.82) is 0 Å². The molecule has 6 nitrogen and oxygen atoms in total. The summed E-state index contributed by atoms with van der Waals surface area (Å²) in [6.45, 7) is 7.70. The Morgan fingerprint density at radius 2 is 1.83 bits per heavy atom. The van der Waals surface area contributed by atoms with Crippen LogP contribution in [-0.4, -0.2) is 71.0 Å². The van der Waals surface area contributed by atoms with Crippen molar-refractivity contribution in [2.45, 2.75) is 25.4 Å². The van der Waals surface area contributed by atoms with Gasteiger partial charge in [-0.2, -0.15) is 8.75 Å². The van der Waals surface area contributed by atoms with E-state index in [0.29, 0.717) is 6.04 Å². The van der Waals surface area contributed by atoms with Gasteiger partial charge in [0.25, 0.3) is 0 Å². The normalized spacial score (nSPS) is 21.2. The Bertz CT molecular complexity index is 984. The molecule has 2 aromatic carbocycles. The van der Waals surface area contributed by atoms with Crippen molar-refractivity contribution in [2.75, 3.05) is 51.3 Å². The molecule has 30 heavy (non-hydrogen) atoms. The highest BCUT2D eigenvalue weighted by molar-refractivity contribution is 7.00. The molecule has 0 N–H and O–H groups in total. The fourth-order valence-electron chi connectivity index (χ4n) is 4.88. The molecule has 0 spiro atoms. The topological polar surface area (TPSA) is 44.7 Å². The average Bonchev–Trinajstić information content (AvgIpc) is 3.27. The highest BCUT2D eigenvalue weighted by Gasteiger charge is 2.28. The second-order valence-electron chi connectivity index (χ2n) is 8.31. The predicted molar refractivity (Wildman–Crippen MR) is 122 cm³/mol. The fourth-order valence-corrected chi connectivity index (χ4v) is 5.39. The molecule has 1 aromatic heterocycles. The summed E-state index contributed by atoms with van der Waals surface area (Å²) in [7, 11) is 1.76. The molecule has 2 fully saturated rings. The summed E-state index contributed by atoms with van der Waals surface area (Å²) < 4.78 is 14.3. The summed E-state index contributed by atoms with van der Waals surface area (Å²) in [5.41, 5.74) is 4.60. The van der Waals surface area contributed by atoms with E-state index in [4.69, 9.17) is 4.74 Å². The minimum Gasteiger partial charge on any atom is -0.495 e. The molecular weight excluding hydrogens is 394 g/mol. The predicted octanol–water partition coefficient (Wildman–Crippen LogP) is 3.49. The van der Waals surface area contributed by atoms with E-state index in [2.05, 4.69) is 59.8 Å². The maximum Gasteiger partial charge on any atom is 0.142 e. The van der Waals surface area contributed by atoms with E-state index < -0.39 is 0 Å². The van der Waals surface area contributed by atoms with Crippen LogP contribution in [0.3, 0.4) is 0 Å². The first-order valence-corrected chi connectivity index (χ1v) is 11.6. The third-order valence-electron chi connectivity index (χ3n) is 6.46. The number of hydrogen-bond donors (Lipinski definition) is 0. The largest absolute Gasteiger partial charge is 0.495 e. The molecule has 0 saturated carbocycles. The third kappa shape index (κ3) is 4.15. The zero-order chi connectivity index (χ0) is 20.3. The van der Waals surface area contributed by atoms with Gasteiger partial charge in [0, 0.05) is 45.3 Å². The molecule has 0 unspecified atom stereocenters. The summed E-state index contributed by atoms with van der Waals surface area (Å²) in [6.07, 6.45) is 2.58. The van der Waals surface area contributed by atoms with Crippen molar-refractivity contribution < 1.29 is 4.74 Å². The van der Waals surface area contributed by atoms with Gasteiger partial charge < -0.3 is 9.64 Å². The zero-order valence-electron chi connectivity index (χ0n) is 17.5. The quantitative estimate of drug-likeness (QED) is 0.626. The van der Waals surface area contributed by atoms with Crippen LogP contribution in [0.4, 0.5) is 5.69 Å². The first-order chi connectivity index (χ1) is 14.8. The standard InChI is InChI=1S/C23H29N5OS/c1-29-23-7-3-2-6-22(23)28-13-11-27(12-14-28)19-5-4-10-26(17-19)16-18-8-9-20-21(15-18)25-30-24-20/h2-3,6-9,15,19H,4-5,10-14,16-17H2,1H3/t19-/m0/s1. The van der Waals surface area contributed by atoms with Gasteiger partial charge in [-0.1, -0.05) is 18.2 Å². The highest BCUT2D eigenvalue weighted by Crippen LogP contribution is 2.29. The molecule has 0 aliphatic carbocycles. The van der Waals surface area contributed by atoms with Crippen LogP contribution in [0.1, 0.15) is 18.4 Å². The Morgan fingerprint density at radius 1 is 1.00 bits per heavy atom. The van der Waals surface area contributed by atoms with Crippen LogP contribution in [-0.2, 0) is 6.54 Å². The van der Waals surface area contributed by atoms with Gasteiger partial charge in [-0.25, -0.2) is 0 Å². The number of piperazine rings is 1. The number of likely N-dealkylation sites (tertiary alicyclic amines) is 1. The Balaban J connectivity index is 1.18. The third-order valence-corrected chi connectivity index (χ3v) is 7.02. The average molecular weight is 424 g/mol.